The zero-order chi connectivity index (χ0) is 27.4. The molecule has 0 saturated heterocycles. The van der Waals surface area contributed by atoms with E-state index in [9.17, 15) is 34.2 Å². The lowest BCUT2D eigenvalue weighted by atomic mass is 10.0. The Kier molecular flexibility index (Phi) is 12.5. The van der Waals surface area contributed by atoms with Gasteiger partial charge in [-0.3, -0.25) is 19.2 Å². The number of nitrogens with one attached hydrogen (secondary N) is 4. The van der Waals surface area contributed by atoms with E-state index in [2.05, 4.69) is 16.0 Å². The number of aliphatic carboxylic acids is 1. The molecule has 0 bridgehead atoms. The number of aliphatic hydroxyl groups excluding tert-OH is 3. The molecule has 0 saturated carbocycles. The summed E-state index contributed by atoms with van der Waals surface area (Å²) in [5, 5.41) is 47.1. The highest BCUT2D eigenvalue weighted by Gasteiger charge is 2.34. The van der Waals surface area contributed by atoms with Gasteiger partial charge in [0, 0.05) is 6.42 Å². The smallest absolute Gasteiger partial charge is 0.328 e. The van der Waals surface area contributed by atoms with Gasteiger partial charge in [-0.2, -0.15) is 0 Å². The quantitative estimate of drug-likeness (QED) is 0.117. The predicted molar refractivity (Wildman–Crippen MR) is 125 cm³/mol. The molecule has 4 amide bonds. The third kappa shape index (κ3) is 9.58. The molecule has 10 N–H and O–H groups in total. The van der Waals surface area contributed by atoms with Gasteiger partial charge in [0.15, 0.2) is 0 Å². The Morgan fingerprint density at radius 1 is 0.806 bits per heavy atom. The first-order valence-corrected chi connectivity index (χ1v) is 11.1. The molecule has 6 atom stereocenters. The van der Waals surface area contributed by atoms with Crippen LogP contribution in [0, 0.1) is 0 Å². The van der Waals surface area contributed by atoms with E-state index in [0.717, 1.165) is 0 Å². The van der Waals surface area contributed by atoms with Crippen LogP contribution in [0.2, 0.25) is 0 Å². The lowest BCUT2D eigenvalue weighted by molar-refractivity contribution is -0.144. The highest BCUT2D eigenvalue weighted by Crippen LogP contribution is 2.06. The predicted octanol–water partition coefficient (Wildman–Crippen LogP) is -4.03. The first-order chi connectivity index (χ1) is 16.9. The Bertz CT molecular complexity index is 910. The summed E-state index contributed by atoms with van der Waals surface area (Å²) in [6, 6.07) is 2.38. The van der Waals surface area contributed by atoms with Crippen LogP contribution in [0.3, 0.4) is 0 Å². The fourth-order valence-corrected chi connectivity index (χ4v) is 3.06. The number of carbonyl (C=O) groups is 5. The number of carbonyl (C=O) groups excluding carboxylic acids is 4. The van der Waals surface area contributed by atoms with Crippen LogP contribution in [-0.4, -0.2) is 99.6 Å². The average Bonchev–Trinajstić information content (AvgIpc) is 2.83. The fraction of sp³-hybridized carbons (Fsp3) is 0.500. The minimum absolute atomic E-state index is 0.0711. The number of hydrogen-bond acceptors (Lipinski definition) is 9. The van der Waals surface area contributed by atoms with Crippen LogP contribution in [0.25, 0.3) is 0 Å². The van der Waals surface area contributed by atoms with Crippen molar-refractivity contribution in [2.75, 3.05) is 13.2 Å². The second-order valence-corrected chi connectivity index (χ2v) is 8.05. The summed E-state index contributed by atoms with van der Waals surface area (Å²) < 4.78 is 0. The topological polar surface area (TPSA) is 240 Å². The Morgan fingerprint density at radius 3 is 1.75 bits per heavy atom. The molecule has 0 spiro atoms. The van der Waals surface area contributed by atoms with E-state index in [1.54, 1.807) is 30.3 Å². The molecule has 0 aliphatic rings. The largest absolute Gasteiger partial charge is 0.480 e. The Hall–Kier alpha value is -3.59. The lowest BCUT2D eigenvalue weighted by Crippen LogP contribution is -2.61. The second kappa shape index (κ2) is 14.7. The number of amides is 4. The standard InChI is InChI=1S/C22H33N5O9/c1-11(29)17(26-16(31)9-23)20(33)24-14(8-13-6-4-3-5-7-13)19(32)27-18(12(2)30)21(34)25-15(10-28)22(35)36/h3-7,11-12,14-15,17-18,28-30H,8-10,23H2,1-2H3,(H,24,33)(H,25,34)(H,26,31)(H,27,32)(H,35,36)/t11-,12-,14+,15+,17+,18+/m1/s1. The summed E-state index contributed by atoms with van der Waals surface area (Å²) in [7, 11) is 0. The summed E-state index contributed by atoms with van der Waals surface area (Å²) >= 11 is 0. The van der Waals surface area contributed by atoms with Gasteiger partial charge in [0.2, 0.25) is 23.6 Å². The van der Waals surface area contributed by atoms with Crippen LogP contribution in [0.15, 0.2) is 30.3 Å². The maximum atomic E-state index is 13.1. The molecule has 0 radical (unpaired) electrons. The van der Waals surface area contributed by atoms with Gasteiger partial charge in [0.1, 0.15) is 24.2 Å². The Morgan fingerprint density at radius 2 is 1.31 bits per heavy atom. The fourth-order valence-electron chi connectivity index (χ4n) is 3.06. The molecule has 36 heavy (non-hydrogen) atoms. The number of aliphatic hydroxyl groups is 3. The van der Waals surface area contributed by atoms with Crippen LogP contribution < -0.4 is 27.0 Å². The molecule has 14 heteroatoms. The lowest BCUT2D eigenvalue weighted by Gasteiger charge is -2.27. The molecular formula is C22H33N5O9. The van der Waals surface area contributed by atoms with E-state index in [1.807, 2.05) is 5.32 Å². The molecule has 0 unspecified atom stereocenters. The van der Waals surface area contributed by atoms with Gasteiger partial charge >= 0.3 is 5.97 Å². The van der Waals surface area contributed by atoms with E-state index in [0.29, 0.717) is 5.56 Å². The molecular weight excluding hydrogens is 478 g/mol. The van der Waals surface area contributed by atoms with Gasteiger partial charge in [-0.1, -0.05) is 30.3 Å². The van der Waals surface area contributed by atoms with Gasteiger partial charge in [-0.05, 0) is 19.4 Å². The summed E-state index contributed by atoms with van der Waals surface area (Å²) in [4.78, 5) is 61.2. The molecule has 14 nitrogen and oxygen atoms in total. The van der Waals surface area contributed by atoms with Crippen molar-refractivity contribution in [2.45, 2.75) is 56.6 Å². The number of carboxylic acid groups (broad SMARTS) is 1. The maximum Gasteiger partial charge on any atom is 0.328 e. The van der Waals surface area contributed by atoms with Crippen molar-refractivity contribution >= 4 is 29.6 Å². The number of rotatable bonds is 14. The van der Waals surface area contributed by atoms with Gasteiger partial charge in [-0.25, -0.2) is 4.79 Å². The summed E-state index contributed by atoms with van der Waals surface area (Å²) in [6.45, 7) is 1.06. The SMILES string of the molecule is C[C@@H](O)[C@H](NC(=O)CN)C(=O)N[C@@H](Cc1ccccc1)C(=O)N[C@H](C(=O)N[C@@H](CO)C(=O)O)[C@@H](C)O. The summed E-state index contributed by atoms with van der Waals surface area (Å²) in [5.74, 6) is -5.16. The van der Waals surface area contributed by atoms with Crippen LogP contribution in [-0.2, 0) is 30.4 Å². The number of benzene rings is 1. The molecule has 0 aliphatic carbocycles. The zero-order valence-corrected chi connectivity index (χ0v) is 19.9. The molecule has 0 fully saturated rings. The second-order valence-electron chi connectivity index (χ2n) is 8.05. The molecule has 1 rings (SSSR count). The monoisotopic (exact) mass is 511 g/mol. The molecule has 0 aliphatic heterocycles. The van der Waals surface area contributed by atoms with Gasteiger partial charge in [-0.15, -0.1) is 0 Å². The van der Waals surface area contributed by atoms with E-state index < -0.39 is 79.1 Å². The summed E-state index contributed by atoms with van der Waals surface area (Å²) in [6.07, 6.45) is -2.90. The molecule has 1 aromatic carbocycles. The van der Waals surface area contributed by atoms with Crippen LogP contribution >= 0.6 is 0 Å². The van der Waals surface area contributed by atoms with E-state index >= 15 is 0 Å². The van der Waals surface area contributed by atoms with Gasteiger partial charge in [0.25, 0.3) is 0 Å². The van der Waals surface area contributed by atoms with Crippen LogP contribution in [0.5, 0.6) is 0 Å². The third-order valence-corrected chi connectivity index (χ3v) is 5.04. The summed E-state index contributed by atoms with van der Waals surface area (Å²) in [5.41, 5.74) is 5.86. The molecule has 0 aromatic heterocycles. The number of nitrogens with two attached hydrogens (primary N) is 1. The maximum absolute atomic E-state index is 13.1. The zero-order valence-electron chi connectivity index (χ0n) is 19.9. The average molecular weight is 512 g/mol. The highest BCUT2D eigenvalue weighted by atomic mass is 16.4. The van der Waals surface area contributed by atoms with Crippen molar-refractivity contribution in [1.82, 2.24) is 21.3 Å². The minimum Gasteiger partial charge on any atom is -0.480 e. The molecule has 0 heterocycles. The van der Waals surface area contributed by atoms with E-state index in [1.165, 1.54) is 13.8 Å². The third-order valence-electron chi connectivity index (χ3n) is 5.04. The van der Waals surface area contributed by atoms with Crippen molar-refractivity contribution < 1.29 is 44.4 Å². The normalized spacial score (nSPS) is 15.8. The van der Waals surface area contributed by atoms with Crippen molar-refractivity contribution in [3.63, 3.8) is 0 Å². The molecule has 200 valence electrons. The van der Waals surface area contributed by atoms with Crippen molar-refractivity contribution in [2.24, 2.45) is 5.73 Å². The Labute approximate surface area is 207 Å². The number of hydrogen-bond donors (Lipinski definition) is 9. The van der Waals surface area contributed by atoms with Crippen molar-refractivity contribution in [3.8, 4) is 0 Å². The van der Waals surface area contributed by atoms with E-state index in [4.69, 9.17) is 15.9 Å². The number of carboxylic acids is 1. The van der Waals surface area contributed by atoms with Gasteiger partial charge in [0.05, 0.1) is 25.4 Å². The first kappa shape index (κ1) is 30.4. The Balaban J connectivity index is 3.16. The van der Waals surface area contributed by atoms with Crippen LogP contribution in [0.4, 0.5) is 0 Å². The minimum atomic E-state index is -1.67. The first-order valence-electron chi connectivity index (χ1n) is 11.1. The highest BCUT2D eigenvalue weighted by molar-refractivity contribution is 5.95. The molecule has 1 aromatic rings. The van der Waals surface area contributed by atoms with Crippen molar-refractivity contribution in [1.29, 1.82) is 0 Å². The van der Waals surface area contributed by atoms with Crippen molar-refractivity contribution in [3.05, 3.63) is 35.9 Å². The van der Waals surface area contributed by atoms with E-state index in [-0.39, 0.29) is 6.42 Å². The van der Waals surface area contributed by atoms with Gasteiger partial charge < -0.3 is 47.4 Å². The van der Waals surface area contributed by atoms with Crippen LogP contribution in [0.1, 0.15) is 19.4 Å².